The van der Waals surface area contributed by atoms with Crippen LogP contribution in [-0.4, -0.2) is 18.9 Å². The van der Waals surface area contributed by atoms with Crippen molar-refractivity contribution in [2.24, 2.45) is 0 Å². The molecule has 1 aromatic carbocycles. The maximum absolute atomic E-state index is 12.0. The van der Waals surface area contributed by atoms with Crippen LogP contribution in [0.1, 0.15) is 13.8 Å². The molecular formula is C10H10ClN3O4S. The summed E-state index contributed by atoms with van der Waals surface area (Å²) >= 11 is 5.60. The van der Waals surface area contributed by atoms with E-state index in [4.69, 9.17) is 16.9 Å². The summed E-state index contributed by atoms with van der Waals surface area (Å²) in [6, 6.07) is 4.93. The number of nitro groups is 1. The van der Waals surface area contributed by atoms with E-state index in [-0.39, 0.29) is 5.02 Å². The fourth-order valence-electron chi connectivity index (χ4n) is 1.27. The van der Waals surface area contributed by atoms with Crippen LogP contribution >= 0.6 is 11.6 Å². The molecule has 0 fully saturated rings. The molecule has 0 amide bonds. The molecule has 0 atom stereocenters. The van der Waals surface area contributed by atoms with Crippen molar-refractivity contribution in [3.8, 4) is 6.07 Å². The van der Waals surface area contributed by atoms with Gasteiger partial charge in [0.25, 0.3) is 5.69 Å². The Morgan fingerprint density at radius 3 is 2.53 bits per heavy atom. The van der Waals surface area contributed by atoms with E-state index in [1.165, 1.54) is 19.9 Å². The second kappa shape index (κ2) is 5.13. The summed E-state index contributed by atoms with van der Waals surface area (Å²) in [6.45, 7) is 2.68. The Hall–Kier alpha value is -1.69. The molecule has 0 aliphatic heterocycles. The van der Waals surface area contributed by atoms with Crippen LogP contribution in [0.15, 0.2) is 23.1 Å². The summed E-state index contributed by atoms with van der Waals surface area (Å²) < 4.78 is 26.1. The summed E-state index contributed by atoms with van der Waals surface area (Å²) in [5.41, 5.74) is -2.03. The zero-order chi connectivity index (χ0) is 14.8. The number of nitriles is 1. The molecule has 19 heavy (non-hydrogen) atoms. The largest absolute Gasteiger partial charge is 0.290 e. The maximum Gasteiger partial charge on any atom is 0.290 e. The van der Waals surface area contributed by atoms with E-state index in [1.807, 2.05) is 0 Å². The summed E-state index contributed by atoms with van der Waals surface area (Å²) in [7, 11) is -4.20. The third-order valence-corrected chi connectivity index (χ3v) is 4.01. The zero-order valence-electron chi connectivity index (χ0n) is 10.0. The van der Waals surface area contributed by atoms with E-state index in [9.17, 15) is 18.5 Å². The van der Waals surface area contributed by atoms with E-state index >= 15 is 0 Å². The molecule has 0 heterocycles. The van der Waals surface area contributed by atoms with Crippen LogP contribution in [0.4, 0.5) is 5.69 Å². The Bertz CT molecular complexity index is 664. The van der Waals surface area contributed by atoms with Gasteiger partial charge in [0.15, 0.2) is 4.90 Å². The number of halogens is 1. The van der Waals surface area contributed by atoms with E-state index in [2.05, 4.69) is 4.72 Å². The smallest absolute Gasteiger partial charge is 0.258 e. The van der Waals surface area contributed by atoms with Crippen LogP contribution < -0.4 is 4.72 Å². The van der Waals surface area contributed by atoms with E-state index in [1.54, 1.807) is 6.07 Å². The number of rotatable bonds is 4. The first-order valence-electron chi connectivity index (χ1n) is 4.98. The van der Waals surface area contributed by atoms with Gasteiger partial charge in [0, 0.05) is 11.1 Å². The molecule has 1 rings (SSSR count). The van der Waals surface area contributed by atoms with Crippen molar-refractivity contribution in [3.05, 3.63) is 33.3 Å². The van der Waals surface area contributed by atoms with Crippen molar-refractivity contribution in [1.29, 1.82) is 5.26 Å². The standard InChI is InChI=1S/C10H10ClN3O4S/c1-10(2,6-12)13-19(17,18)9-4-3-7(11)5-8(9)14(15)16/h3-5,13H,1-2H3. The fraction of sp³-hybridized carbons (Fsp3) is 0.300. The Balaban J connectivity index is 3.39. The number of hydrogen-bond donors (Lipinski definition) is 1. The number of sulfonamides is 1. The van der Waals surface area contributed by atoms with Crippen molar-refractivity contribution >= 4 is 27.3 Å². The maximum atomic E-state index is 12.0. The first kappa shape index (κ1) is 15.4. The lowest BCUT2D eigenvalue weighted by molar-refractivity contribution is -0.387. The van der Waals surface area contributed by atoms with Gasteiger partial charge in [-0.25, -0.2) is 8.42 Å². The summed E-state index contributed by atoms with van der Waals surface area (Å²) in [4.78, 5) is 9.46. The van der Waals surface area contributed by atoms with Gasteiger partial charge in [0.05, 0.1) is 11.0 Å². The SMILES string of the molecule is CC(C)(C#N)NS(=O)(=O)c1ccc(Cl)cc1[N+](=O)[O-]. The molecule has 102 valence electrons. The van der Waals surface area contributed by atoms with Crippen molar-refractivity contribution in [2.75, 3.05) is 0 Å². The topological polar surface area (TPSA) is 113 Å². The molecule has 0 spiro atoms. The molecule has 0 saturated carbocycles. The fourth-order valence-corrected chi connectivity index (χ4v) is 2.92. The third kappa shape index (κ3) is 3.64. The molecule has 9 heteroatoms. The van der Waals surface area contributed by atoms with Gasteiger partial charge >= 0.3 is 0 Å². The van der Waals surface area contributed by atoms with E-state index < -0.39 is 31.1 Å². The van der Waals surface area contributed by atoms with Crippen LogP contribution in [-0.2, 0) is 10.0 Å². The second-order valence-corrected chi connectivity index (χ2v) is 6.30. The minimum Gasteiger partial charge on any atom is -0.258 e. The highest BCUT2D eigenvalue weighted by molar-refractivity contribution is 7.89. The van der Waals surface area contributed by atoms with Gasteiger partial charge in [-0.1, -0.05) is 11.6 Å². The third-order valence-electron chi connectivity index (χ3n) is 2.08. The van der Waals surface area contributed by atoms with Crippen molar-refractivity contribution < 1.29 is 13.3 Å². The molecule has 7 nitrogen and oxygen atoms in total. The second-order valence-electron chi connectivity index (χ2n) is 4.21. The van der Waals surface area contributed by atoms with Gasteiger partial charge < -0.3 is 0 Å². The molecule has 0 aliphatic rings. The van der Waals surface area contributed by atoms with Crippen LogP contribution in [0, 0.1) is 21.4 Å². The highest BCUT2D eigenvalue weighted by Gasteiger charge is 2.31. The molecule has 0 unspecified atom stereocenters. The highest BCUT2D eigenvalue weighted by atomic mass is 35.5. The van der Waals surface area contributed by atoms with Crippen LogP contribution in [0.3, 0.4) is 0 Å². The Kier molecular flexibility index (Phi) is 4.15. The highest BCUT2D eigenvalue weighted by Crippen LogP contribution is 2.27. The number of benzene rings is 1. The predicted molar refractivity (Wildman–Crippen MR) is 68.1 cm³/mol. The molecule has 0 aromatic heterocycles. The number of nitro benzene ring substituents is 1. The van der Waals surface area contributed by atoms with Gasteiger partial charge in [0.1, 0.15) is 5.54 Å². The first-order chi connectivity index (χ1) is 8.59. The van der Waals surface area contributed by atoms with Crippen LogP contribution in [0.25, 0.3) is 0 Å². The average molecular weight is 304 g/mol. The van der Waals surface area contributed by atoms with Crippen molar-refractivity contribution in [1.82, 2.24) is 4.72 Å². The minimum absolute atomic E-state index is 0.0465. The minimum atomic E-state index is -4.20. The normalized spacial score (nSPS) is 11.9. The van der Waals surface area contributed by atoms with Gasteiger partial charge in [-0.15, -0.1) is 0 Å². The average Bonchev–Trinajstić information content (AvgIpc) is 2.27. The lowest BCUT2D eigenvalue weighted by Gasteiger charge is -2.17. The van der Waals surface area contributed by atoms with Crippen LogP contribution in [0.5, 0.6) is 0 Å². The van der Waals surface area contributed by atoms with Gasteiger partial charge in [-0.05, 0) is 26.0 Å². The molecule has 0 bridgehead atoms. The number of hydrogen-bond acceptors (Lipinski definition) is 5. The van der Waals surface area contributed by atoms with Crippen molar-refractivity contribution in [2.45, 2.75) is 24.3 Å². The molecule has 0 saturated heterocycles. The van der Waals surface area contributed by atoms with Gasteiger partial charge in [-0.3, -0.25) is 10.1 Å². The van der Waals surface area contributed by atoms with E-state index in [0.717, 1.165) is 12.1 Å². The Morgan fingerprint density at radius 1 is 1.47 bits per heavy atom. The molecular weight excluding hydrogens is 294 g/mol. The Morgan fingerprint density at radius 2 is 2.05 bits per heavy atom. The molecule has 1 N–H and O–H groups in total. The summed E-state index contributed by atoms with van der Waals surface area (Å²) in [5.74, 6) is 0. The summed E-state index contributed by atoms with van der Waals surface area (Å²) in [6.07, 6.45) is 0. The molecule has 0 radical (unpaired) electrons. The predicted octanol–water partition coefficient (Wildman–Crippen LogP) is 1.83. The van der Waals surface area contributed by atoms with Gasteiger partial charge in [-0.2, -0.15) is 9.98 Å². The lowest BCUT2D eigenvalue weighted by Crippen LogP contribution is -2.42. The first-order valence-corrected chi connectivity index (χ1v) is 6.84. The molecule has 0 aliphatic carbocycles. The van der Waals surface area contributed by atoms with E-state index in [0.29, 0.717) is 0 Å². The lowest BCUT2D eigenvalue weighted by atomic mass is 10.1. The number of nitrogens with zero attached hydrogens (tertiary/aromatic N) is 2. The van der Waals surface area contributed by atoms with Crippen LogP contribution in [0.2, 0.25) is 5.02 Å². The quantitative estimate of drug-likeness (QED) is 0.673. The molecule has 1 aromatic rings. The monoisotopic (exact) mass is 303 g/mol. The van der Waals surface area contributed by atoms with Gasteiger partial charge in [0.2, 0.25) is 10.0 Å². The Labute approximate surface area is 115 Å². The number of nitrogens with one attached hydrogen (secondary N) is 1. The van der Waals surface area contributed by atoms with Crippen molar-refractivity contribution in [3.63, 3.8) is 0 Å². The zero-order valence-corrected chi connectivity index (χ0v) is 11.6. The summed E-state index contributed by atoms with van der Waals surface area (Å²) in [5, 5.41) is 19.7.